The average Bonchev–Trinajstić information content (AvgIpc) is 1.61. The fourth-order valence-corrected chi connectivity index (χ4v) is 1.25. The first kappa shape index (κ1) is 6.05. The molecule has 0 aromatic heterocycles. The van der Waals surface area contributed by atoms with E-state index in [0.29, 0.717) is 6.04 Å². The summed E-state index contributed by atoms with van der Waals surface area (Å²) in [4.78, 5) is 0. The third-order valence-corrected chi connectivity index (χ3v) is 2.10. The Morgan fingerprint density at radius 3 is 2.12 bits per heavy atom. The highest BCUT2D eigenvalue weighted by Gasteiger charge is 2.28. The summed E-state index contributed by atoms with van der Waals surface area (Å²) in [6.07, 6.45) is 2.64. The zero-order chi connectivity index (χ0) is 6.15. The van der Waals surface area contributed by atoms with Crippen molar-refractivity contribution in [1.82, 2.24) is 5.01 Å². The highest BCUT2D eigenvalue weighted by molar-refractivity contribution is 4.82. The van der Waals surface area contributed by atoms with E-state index in [9.17, 15) is 0 Å². The monoisotopic (exact) mass is 114 g/mol. The van der Waals surface area contributed by atoms with Crippen molar-refractivity contribution in [3.8, 4) is 0 Å². The van der Waals surface area contributed by atoms with Crippen molar-refractivity contribution in [3.63, 3.8) is 0 Å². The number of hydrogen-bond acceptors (Lipinski definition) is 2. The molecule has 0 amide bonds. The van der Waals surface area contributed by atoms with Crippen molar-refractivity contribution in [2.45, 2.75) is 25.8 Å². The van der Waals surface area contributed by atoms with E-state index in [2.05, 4.69) is 6.92 Å². The smallest absolute Gasteiger partial charge is 0.0263 e. The second-order valence-corrected chi connectivity index (χ2v) is 2.79. The third-order valence-electron chi connectivity index (χ3n) is 2.10. The standard InChI is InChI=1S/C6H14N2/c1-5-3-4-6(5)8(2)7/h5-6H,3-4,7H2,1-2H3/t5-,6?/m0/s1. The van der Waals surface area contributed by atoms with Gasteiger partial charge in [0, 0.05) is 13.1 Å². The molecule has 48 valence electrons. The van der Waals surface area contributed by atoms with Gasteiger partial charge >= 0.3 is 0 Å². The van der Waals surface area contributed by atoms with Gasteiger partial charge in [0.1, 0.15) is 0 Å². The third kappa shape index (κ3) is 0.858. The Morgan fingerprint density at radius 2 is 2.12 bits per heavy atom. The zero-order valence-corrected chi connectivity index (χ0v) is 5.59. The number of nitrogens with two attached hydrogens (primary N) is 1. The molecule has 1 aliphatic carbocycles. The molecule has 1 rings (SSSR count). The summed E-state index contributed by atoms with van der Waals surface area (Å²) in [5, 5.41) is 1.83. The van der Waals surface area contributed by atoms with Crippen LogP contribution in [0.15, 0.2) is 0 Å². The fourth-order valence-electron chi connectivity index (χ4n) is 1.25. The lowest BCUT2D eigenvalue weighted by molar-refractivity contribution is 0.0970. The summed E-state index contributed by atoms with van der Waals surface area (Å²) in [7, 11) is 1.94. The quantitative estimate of drug-likeness (QED) is 0.399. The molecule has 0 aromatic carbocycles. The molecule has 0 heterocycles. The van der Waals surface area contributed by atoms with Gasteiger partial charge in [0.2, 0.25) is 0 Å². The molecule has 2 N–H and O–H groups in total. The Bertz CT molecular complexity index is 75.8. The summed E-state index contributed by atoms with van der Waals surface area (Å²) in [5.74, 6) is 6.35. The zero-order valence-electron chi connectivity index (χ0n) is 5.59. The average molecular weight is 114 g/mol. The van der Waals surface area contributed by atoms with Gasteiger partial charge in [-0.1, -0.05) is 6.92 Å². The van der Waals surface area contributed by atoms with Crippen molar-refractivity contribution in [2.75, 3.05) is 7.05 Å². The van der Waals surface area contributed by atoms with Crippen molar-refractivity contribution in [3.05, 3.63) is 0 Å². The van der Waals surface area contributed by atoms with Crippen molar-refractivity contribution in [2.24, 2.45) is 11.8 Å². The van der Waals surface area contributed by atoms with Gasteiger partial charge in [-0.05, 0) is 18.8 Å². The van der Waals surface area contributed by atoms with Gasteiger partial charge in [-0.15, -0.1) is 0 Å². The Morgan fingerprint density at radius 1 is 1.50 bits per heavy atom. The first-order valence-corrected chi connectivity index (χ1v) is 3.19. The highest BCUT2D eigenvalue weighted by atomic mass is 15.4. The summed E-state index contributed by atoms with van der Waals surface area (Å²) in [5.41, 5.74) is 0. The molecule has 1 aliphatic rings. The van der Waals surface area contributed by atoms with E-state index in [1.54, 1.807) is 0 Å². The Balaban J connectivity index is 2.26. The number of hydrogen-bond donors (Lipinski definition) is 1. The van der Waals surface area contributed by atoms with E-state index >= 15 is 0 Å². The van der Waals surface area contributed by atoms with Crippen LogP contribution in [0, 0.1) is 5.92 Å². The van der Waals surface area contributed by atoms with Gasteiger partial charge in [0.15, 0.2) is 0 Å². The van der Waals surface area contributed by atoms with Gasteiger partial charge in [-0.2, -0.15) is 0 Å². The maximum atomic E-state index is 5.52. The number of hydrazine groups is 1. The van der Waals surface area contributed by atoms with Crippen LogP contribution in [0.2, 0.25) is 0 Å². The van der Waals surface area contributed by atoms with Crippen molar-refractivity contribution in [1.29, 1.82) is 0 Å². The molecule has 2 nitrogen and oxygen atoms in total. The van der Waals surface area contributed by atoms with Crippen LogP contribution in [0.5, 0.6) is 0 Å². The lowest BCUT2D eigenvalue weighted by Gasteiger charge is -2.38. The molecule has 0 aromatic rings. The van der Waals surface area contributed by atoms with E-state index in [-0.39, 0.29) is 0 Å². The van der Waals surface area contributed by atoms with Gasteiger partial charge in [0.25, 0.3) is 0 Å². The molecule has 1 fully saturated rings. The molecule has 1 unspecified atom stereocenters. The molecule has 1 saturated carbocycles. The van der Waals surface area contributed by atoms with Gasteiger partial charge < -0.3 is 0 Å². The molecule has 0 radical (unpaired) electrons. The molecule has 0 bridgehead atoms. The molecule has 0 saturated heterocycles. The van der Waals surface area contributed by atoms with Crippen LogP contribution in [0.25, 0.3) is 0 Å². The number of rotatable bonds is 1. The molecule has 0 aliphatic heterocycles. The Labute approximate surface area is 50.6 Å². The topological polar surface area (TPSA) is 29.3 Å². The minimum Gasteiger partial charge on any atom is -0.269 e. The van der Waals surface area contributed by atoms with Crippen LogP contribution >= 0.6 is 0 Å². The second-order valence-electron chi connectivity index (χ2n) is 2.79. The maximum Gasteiger partial charge on any atom is 0.0263 e. The van der Waals surface area contributed by atoms with Crippen LogP contribution in [0.1, 0.15) is 19.8 Å². The van der Waals surface area contributed by atoms with E-state index in [4.69, 9.17) is 5.84 Å². The van der Waals surface area contributed by atoms with Gasteiger partial charge in [-0.3, -0.25) is 5.84 Å². The van der Waals surface area contributed by atoms with Crippen LogP contribution < -0.4 is 5.84 Å². The van der Waals surface area contributed by atoms with E-state index in [1.807, 2.05) is 12.1 Å². The van der Waals surface area contributed by atoms with Crippen LogP contribution in [0.3, 0.4) is 0 Å². The molecule has 8 heavy (non-hydrogen) atoms. The van der Waals surface area contributed by atoms with Gasteiger partial charge in [-0.25, -0.2) is 5.01 Å². The van der Waals surface area contributed by atoms with Gasteiger partial charge in [0.05, 0.1) is 0 Å². The SMILES string of the molecule is C[C@H]1CCC1N(C)N. The van der Waals surface area contributed by atoms with E-state index < -0.39 is 0 Å². The first-order valence-electron chi connectivity index (χ1n) is 3.19. The van der Waals surface area contributed by atoms with Crippen LogP contribution in [-0.2, 0) is 0 Å². The largest absolute Gasteiger partial charge is 0.269 e. The normalized spacial score (nSPS) is 37.5. The minimum absolute atomic E-state index is 0.662. The Kier molecular flexibility index (Phi) is 1.54. The molecular weight excluding hydrogens is 100 g/mol. The lowest BCUT2D eigenvalue weighted by atomic mass is 9.81. The summed E-state index contributed by atoms with van der Waals surface area (Å²) in [6.45, 7) is 2.25. The molecule has 0 spiro atoms. The lowest BCUT2D eigenvalue weighted by Crippen LogP contribution is -2.47. The second kappa shape index (κ2) is 2.03. The first-order chi connectivity index (χ1) is 3.72. The molecule has 2 heteroatoms. The maximum absolute atomic E-state index is 5.52. The minimum atomic E-state index is 0.662. The summed E-state index contributed by atoms with van der Waals surface area (Å²) < 4.78 is 0. The molecule has 2 atom stereocenters. The van der Waals surface area contributed by atoms with E-state index in [0.717, 1.165) is 5.92 Å². The van der Waals surface area contributed by atoms with Crippen LogP contribution in [0.4, 0.5) is 0 Å². The van der Waals surface area contributed by atoms with E-state index in [1.165, 1.54) is 12.8 Å². The highest BCUT2D eigenvalue weighted by Crippen LogP contribution is 2.28. The predicted octanol–water partition coefficient (Wildman–Crippen LogP) is 0.590. The fraction of sp³-hybridized carbons (Fsp3) is 1.00. The predicted molar refractivity (Wildman–Crippen MR) is 34.1 cm³/mol. The van der Waals surface area contributed by atoms with Crippen LogP contribution in [-0.4, -0.2) is 18.1 Å². The van der Waals surface area contributed by atoms with Crippen molar-refractivity contribution < 1.29 is 0 Å². The molecular formula is C6H14N2. The summed E-state index contributed by atoms with van der Waals surface area (Å²) >= 11 is 0. The summed E-state index contributed by atoms with van der Waals surface area (Å²) in [6, 6.07) is 0.662. The Hall–Kier alpha value is -0.0800. The van der Waals surface area contributed by atoms with Crippen molar-refractivity contribution >= 4 is 0 Å². The number of nitrogens with zero attached hydrogens (tertiary/aromatic N) is 1.